The lowest BCUT2D eigenvalue weighted by Gasteiger charge is -2.21. The summed E-state index contributed by atoms with van der Waals surface area (Å²) >= 11 is 1.78. The van der Waals surface area contributed by atoms with E-state index in [-0.39, 0.29) is 0 Å². The van der Waals surface area contributed by atoms with E-state index in [1.54, 1.807) is 11.3 Å². The fourth-order valence-electron chi connectivity index (χ4n) is 1.56. The lowest BCUT2D eigenvalue weighted by molar-refractivity contribution is 0.397. The van der Waals surface area contributed by atoms with Crippen molar-refractivity contribution in [3.8, 4) is 0 Å². The molecule has 0 radical (unpaired) electrons. The van der Waals surface area contributed by atoms with Crippen LogP contribution in [0.2, 0.25) is 0 Å². The second kappa shape index (κ2) is 6.23. The Morgan fingerprint density at radius 3 is 2.67 bits per heavy atom. The molecule has 1 unspecified atom stereocenters. The molecule has 86 valence electrons. The third-order valence-electron chi connectivity index (χ3n) is 2.52. The maximum absolute atomic E-state index is 4.52. The van der Waals surface area contributed by atoms with Gasteiger partial charge in [-0.25, -0.2) is 4.98 Å². The van der Waals surface area contributed by atoms with E-state index in [1.807, 2.05) is 0 Å². The zero-order chi connectivity index (χ0) is 11.3. The lowest BCUT2D eigenvalue weighted by Crippen LogP contribution is -2.36. The molecule has 2 nitrogen and oxygen atoms in total. The maximum atomic E-state index is 4.52. The predicted molar refractivity (Wildman–Crippen MR) is 67.5 cm³/mol. The van der Waals surface area contributed by atoms with Gasteiger partial charge in [0.1, 0.15) is 0 Å². The second-order valence-corrected chi connectivity index (χ2v) is 5.33. The molecule has 0 aliphatic heterocycles. The van der Waals surface area contributed by atoms with Crippen molar-refractivity contribution >= 4 is 11.3 Å². The molecule has 0 amide bonds. The summed E-state index contributed by atoms with van der Waals surface area (Å²) in [5.74, 6) is 0.667. The quantitative estimate of drug-likeness (QED) is 0.806. The highest BCUT2D eigenvalue weighted by Gasteiger charge is 2.14. The normalized spacial score (nSPS) is 13.4. The van der Waals surface area contributed by atoms with Crippen LogP contribution in [0.4, 0.5) is 0 Å². The van der Waals surface area contributed by atoms with E-state index in [0.29, 0.717) is 12.0 Å². The minimum atomic E-state index is 0.565. The van der Waals surface area contributed by atoms with Crippen molar-refractivity contribution in [2.24, 2.45) is 5.92 Å². The highest BCUT2D eigenvalue weighted by molar-refractivity contribution is 7.09. The van der Waals surface area contributed by atoms with Gasteiger partial charge in [-0.15, -0.1) is 11.3 Å². The SMILES string of the molecule is CCCNC(Cc1nc(C)cs1)C(C)C. The molecule has 1 atom stereocenters. The number of hydrogen-bond donors (Lipinski definition) is 1. The fraction of sp³-hybridized carbons (Fsp3) is 0.750. The monoisotopic (exact) mass is 226 g/mol. The molecule has 0 spiro atoms. The molecule has 0 saturated heterocycles. The van der Waals surface area contributed by atoms with Crippen LogP contribution >= 0.6 is 11.3 Å². The molecular weight excluding hydrogens is 204 g/mol. The number of aromatic nitrogens is 1. The molecule has 1 aromatic heterocycles. The Labute approximate surface area is 97.1 Å². The number of nitrogens with one attached hydrogen (secondary N) is 1. The van der Waals surface area contributed by atoms with Gasteiger partial charge < -0.3 is 5.32 Å². The Morgan fingerprint density at radius 2 is 2.20 bits per heavy atom. The lowest BCUT2D eigenvalue weighted by atomic mass is 10.0. The fourth-order valence-corrected chi connectivity index (χ4v) is 2.39. The molecule has 1 N–H and O–H groups in total. The average Bonchev–Trinajstić information content (AvgIpc) is 2.58. The van der Waals surface area contributed by atoms with Gasteiger partial charge in [0.15, 0.2) is 0 Å². The first-order valence-electron chi connectivity index (χ1n) is 5.77. The van der Waals surface area contributed by atoms with Crippen LogP contribution in [0.3, 0.4) is 0 Å². The van der Waals surface area contributed by atoms with Crippen molar-refractivity contribution in [3.05, 3.63) is 16.1 Å². The number of hydrogen-bond acceptors (Lipinski definition) is 3. The van der Waals surface area contributed by atoms with Crippen molar-refractivity contribution in [2.45, 2.75) is 46.6 Å². The minimum Gasteiger partial charge on any atom is -0.313 e. The Kier molecular flexibility index (Phi) is 5.26. The molecule has 0 bridgehead atoms. The van der Waals surface area contributed by atoms with Gasteiger partial charge in [-0.3, -0.25) is 0 Å². The molecule has 0 saturated carbocycles. The van der Waals surface area contributed by atoms with E-state index in [1.165, 1.54) is 11.4 Å². The van der Waals surface area contributed by atoms with Crippen molar-refractivity contribution in [1.82, 2.24) is 10.3 Å². The van der Waals surface area contributed by atoms with Crippen LogP contribution in [-0.2, 0) is 6.42 Å². The number of aryl methyl sites for hydroxylation is 1. The second-order valence-electron chi connectivity index (χ2n) is 4.39. The van der Waals surface area contributed by atoms with Gasteiger partial charge in [-0.2, -0.15) is 0 Å². The van der Waals surface area contributed by atoms with Crippen LogP contribution in [0.5, 0.6) is 0 Å². The van der Waals surface area contributed by atoms with E-state index in [9.17, 15) is 0 Å². The zero-order valence-electron chi connectivity index (χ0n) is 10.2. The standard InChI is InChI=1S/C12H22N2S/c1-5-6-13-11(9(2)3)7-12-14-10(4)8-15-12/h8-9,11,13H,5-7H2,1-4H3. The summed E-state index contributed by atoms with van der Waals surface area (Å²) in [4.78, 5) is 4.52. The molecular formula is C12H22N2S. The molecule has 0 aromatic carbocycles. The Morgan fingerprint density at radius 1 is 1.47 bits per heavy atom. The van der Waals surface area contributed by atoms with E-state index in [0.717, 1.165) is 18.7 Å². The Bertz CT molecular complexity index is 281. The smallest absolute Gasteiger partial charge is 0.0943 e. The molecule has 0 fully saturated rings. The van der Waals surface area contributed by atoms with E-state index in [4.69, 9.17) is 0 Å². The molecule has 1 aromatic rings. The Balaban J connectivity index is 2.50. The number of thiazole rings is 1. The first-order valence-corrected chi connectivity index (χ1v) is 6.65. The topological polar surface area (TPSA) is 24.9 Å². The highest BCUT2D eigenvalue weighted by Crippen LogP contribution is 2.14. The number of nitrogens with zero attached hydrogens (tertiary/aromatic N) is 1. The summed E-state index contributed by atoms with van der Waals surface area (Å²) < 4.78 is 0. The molecule has 0 aliphatic rings. The van der Waals surface area contributed by atoms with Crippen molar-refractivity contribution in [2.75, 3.05) is 6.54 Å². The van der Waals surface area contributed by atoms with Crippen molar-refractivity contribution in [3.63, 3.8) is 0 Å². The maximum Gasteiger partial charge on any atom is 0.0943 e. The molecule has 0 aliphatic carbocycles. The van der Waals surface area contributed by atoms with Gasteiger partial charge in [-0.1, -0.05) is 20.8 Å². The van der Waals surface area contributed by atoms with E-state index < -0.39 is 0 Å². The minimum absolute atomic E-state index is 0.565. The molecule has 1 rings (SSSR count). The van der Waals surface area contributed by atoms with Gasteiger partial charge in [0, 0.05) is 23.5 Å². The Hall–Kier alpha value is -0.410. The van der Waals surface area contributed by atoms with Crippen LogP contribution in [-0.4, -0.2) is 17.6 Å². The van der Waals surface area contributed by atoms with Crippen LogP contribution in [0.1, 0.15) is 37.9 Å². The van der Waals surface area contributed by atoms with Crippen molar-refractivity contribution in [1.29, 1.82) is 0 Å². The number of rotatable bonds is 6. The van der Waals surface area contributed by atoms with Gasteiger partial charge in [0.05, 0.1) is 5.01 Å². The van der Waals surface area contributed by atoms with Gasteiger partial charge in [0.25, 0.3) is 0 Å². The van der Waals surface area contributed by atoms with Gasteiger partial charge in [0.2, 0.25) is 0 Å². The van der Waals surface area contributed by atoms with Gasteiger partial charge >= 0.3 is 0 Å². The molecule has 3 heteroatoms. The summed E-state index contributed by atoms with van der Waals surface area (Å²) in [6.07, 6.45) is 2.26. The molecule has 15 heavy (non-hydrogen) atoms. The highest BCUT2D eigenvalue weighted by atomic mass is 32.1. The van der Waals surface area contributed by atoms with Crippen LogP contribution in [0.25, 0.3) is 0 Å². The summed E-state index contributed by atoms with van der Waals surface area (Å²) in [5.41, 5.74) is 1.15. The van der Waals surface area contributed by atoms with Crippen LogP contribution in [0, 0.1) is 12.8 Å². The summed E-state index contributed by atoms with van der Waals surface area (Å²) in [6, 6.07) is 0.565. The first-order chi connectivity index (χ1) is 7.13. The largest absolute Gasteiger partial charge is 0.313 e. The summed E-state index contributed by atoms with van der Waals surface area (Å²) in [5, 5.41) is 6.98. The van der Waals surface area contributed by atoms with E-state index >= 15 is 0 Å². The average molecular weight is 226 g/mol. The van der Waals surface area contributed by atoms with Gasteiger partial charge in [-0.05, 0) is 25.8 Å². The van der Waals surface area contributed by atoms with Crippen LogP contribution in [0.15, 0.2) is 5.38 Å². The predicted octanol–water partition coefficient (Wildman–Crippen LogP) is 3.02. The summed E-state index contributed by atoms with van der Waals surface area (Å²) in [7, 11) is 0. The summed E-state index contributed by atoms with van der Waals surface area (Å²) in [6.45, 7) is 9.91. The van der Waals surface area contributed by atoms with Crippen LogP contribution < -0.4 is 5.32 Å². The van der Waals surface area contributed by atoms with E-state index in [2.05, 4.69) is 43.4 Å². The molecule has 1 heterocycles. The zero-order valence-corrected chi connectivity index (χ0v) is 11.0. The third kappa shape index (κ3) is 4.31. The van der Waals surface area contributed by atoms with Crippen molar-refractivity contribution < 1.29 is 0 Å². The first kappa shape index (κ1) is 12.7. The third-order valence-corrected chi connectivity index (χ3v) is 3.51.